The molecule has 11 heteroatoms. The van der Waals surface area contributed by atoms with E-state index in [0.717, 1.165) is 11.3 Å². The van der Waals surface area contributed by atoms with Crippen molar-refractivity contribution in [2.24, 2.45) is 0 Å². The molecule has 0 aliphatic heterocycles. The first-order valence-corrected chi connectivity index (χ1v) is 11.1. The second-order valence-corrected chi connectivity index (χ2v) is 9.28. The Bertz CT molecular complexity index is 1070. The Hall–Kier alpha value is -2.53. The van der Waals surface area contributed by atoms with Crippen LogP contribution in [0.15, 0.2) is 58.9 Å². The predicted molar refractivity (Wildman–Crippen MR) is 111 cm³/mol. The fourth-order valence-electron chi connectivity index (χ4n) is 2.23. The van der Waals surface area contributed by atoms with Crippen LogP contribution in [0, 0.1) is 0 Å². The van der Waals surface area contributed by atoms with Crippen LogP contribution in [0.5, 0.6) is 5.75 Å². The monoisotopic (exact) mass is 452 g/mol. The molecule has 0 radical (unpaired) electrons. The van der Waals surface area contributed by atoms with Crippen LogP contribution < -0.4 is 14.8 Å². The van der Waals surface area contributed by atoms with Crippen molar-refractivity contribution in [3.05, 3.63) is 65.2 Å². The van der Waals surface area contributed by atoms with E-state index in [1.54, 1.807) is 43.3 Å². The molecular formula is C18H17ClN4O4S2. The number of carbonyl (C=O) groups excluding carboxylic acids is 1. The molecule has 1 unspecified atom stereocenters. The Morgan fingerprint density at radius 1 is 1.14 bits per heavy atom. The third kappa shape index (κ3) is 5.97. The van der Waals surface area contributed by atoms with E-state index in [9.17, 15) is 13.2 Å². The minimum absolute atomic E-state index is 0.0681. The summed E-state index contributed by atoms with van der Waals surface area (Å²) in [5, 5.41) is 10.5. The van der Waals surface area contributed by atoms with Crippen LogP contribution in [0.25, 0.3) is 0 Å². The molecule has 2 N–H and O–H groups in total. The van der Waals surface area contributed by atoms with Crippen LogP contribution in [-0.4, -0.2) is 37.2 Å². The molecule has 3 aromatic rings. The molecule has 8 nitrogen and oxygen atoms in total. The van der Waals surface area contributed by atoms with Crippen molar-refractivity contribution >= 4 is 44.0 Å². The molecule has 1 aromatic heterocycles. The summed E-state index contributed by atoms with van der Waals surface area (Å²) < 4.78 is 32.7. The van der Waals surface area contributed by atoms with Crippen molar-refractivity contribution in [2.45, 2.75) is 17.3 Å². The number of hydrogen-bond donors (Lipinski definition) is 2. The van der Waals surface area contributed by atoms with Crippen molar-refractivity contribution < 1.29 is 17.9 Å². The summed E-state index contributed by atoms with van der Waals surface area (Å²) in [4.78, 5) is 12.2. The molecule has 1 heterocycles. The van der Waals surface area contributed by atoms with E-state index in [4.69, 9.17) is 16.3 Å². The minimum atomic E-state index is -3.90. The van der Waals surface area contributed by atoms with Gasteiger partial charge in [-0.25, -0.2) is 13.1 Å². The van der Waals surface area contributed by atoms with Gasteiger partial charge in [-0.2, -0.15) is 0 Å². The Kier molecular flexibility index (Phi) is 6.80. The lowest BCUT2D eigenvalue weighted by atomic mass is 10.2. The van der Waals surface area contributed by atoms with Crippen LogP contribution in [-0.2, 0) is 10.0 Å². The van der Waals surface area contributed by atoms with Crippen LogP contribution in [0.4, 0.5) is 5.13 Å². The Morgan fingerprint density at radius 3 is 2.52 bits per heavy atom. The van der Waals surface area contributed by atoms with Crippen molar-refractivity contribution in [1.29, 1.82) is 0 Å². The summed E-state index contributed by atoms with van der Waals surface area (Å²) in [5.74, 6) is 0.195. The topological polar surface area (TPSA) is 110 Å². The predicted octanol–water partition coefficient (Wildman–Crippen LogP) is 3.19. The van der Waals surface area contributed by atoms with E-state index >= 15 is 0 Å². The number of anilines is 1. The summed E-state index contributed by atoms with van der Waals surface area (Å²) in [7, 11) is -3.90. The summed E-state index contributed by atoms with van der Waals surface area (Å²) in [6, 6.07) is 14.8. The van der Waals surface area contributed by atoms with Gasteiger partial charge in [-0.15, -0.1) is 10.2 Å². The SMILES string of the molecule is CC(COc1ccccc1)NS(=O)(=O)c1nnc(NC(=O)c2ccc(Cl)cc2)s1. The average Bonchev–Trinajstić information content (AvgIpc) is 3.17. The van der Waals surface area contributed by atoms with Gasteiger partial charge in [0, 0.05) is 10.6 Å². The third-order valence-corrected chi connectivity index (χ3v) is 6.61. The Balaban J connectivity index is 1.59. The number of carbonyl (C=O) groups is 1. The maximum atomic E-state index is 12.5. The first kappa shape index (κ1) is 21.2. The number of nitrogens with zero attached hydrogens (tertiary/aromatic N) is 2. The van der Waals surface area contributed by atoms with Crippen molar-refractivity contribution in [1.82, 2.24) is 14.9 Å². The highest BCUT2D eigenvalue weighted by Crippen LogP contribution is 2.21. The molecule has 29 heavy (non-hydrogen) atoms. The van der Waals surface area contributed by atoms with Crippen molar-refractivity contribution in [2.75, 3.05) is 11.9 Å². The van der Waals surface area contributed by atoms with Gasteiger partial charge in [0.25, 0.3) is 15.9 Å². The number of nitrogens with one attached hydrogen (secondary N) is 2. The van der Waals surface area contributed by atoms with Crippen LogP contribution in [0.1, 0.15) is 17.3 Å². The number of aromatic nitrogens is 2. The summed E-state index contributed by atoms with van der Waals surface area (Å²) in [5.41, 5.74) is 0.360. The number of rotatable bonds is 8. The normalized spacial score (nSPS) is 12.3. The first-order chi connectivity index (χ1) is 13.8. The molecule has 0 spiro atoms. The van der Waals surface area contributed by atoms with E-state index in [1.807, 2.05) is 18.2 Å². The lowest BCUT2D eigenvalue weighted by molar-refractivity contribution is 0.102. The van der Waals surface area contributed by atoms with E-state index < -0.39 is 22.0 Å². The van der Waals surface area contributed by atoms with E-state index in [0.29, 0.717) is 16.3 Å². The maximum Gasteiger partial charge on any atom is 0.270 e. The average molecular weight is 453 g/mol. The van der Waals surface area contributed by atoms with Gasteiger partial charge in [0.2, 0.25) is 9.47 Å². The molecule has 0 bridgehead atoms. The molecule has 3 rings (SSSR count). The largest absolute Gasteiger partial charge is 0.492 e. The highest BCUT2D eigenvalue weighted by Gasteiger charge is 2.23. The zero-order valence-corrected chi connectivity index (χ0v) is 17.6. The summed E-state index contributed by atoms with van der Waals surface area (Å²) >= 11 is 6.55. The maximum absolute atomic E-state index is 12.5. The fourth-order valence-corrected chi connectivity index (χ4v) is 4.49. The smallest absolute Gasteiger partial charge is 0.270 e. The lowest BCUT2D eigenvalue weighted by Gasteiger charge is -2.13. The Labute approximate surface area is 176 Å². The van der Waals surface area contributed by atoms with Crippen molar-refractivity contribution in [3.8, 4) is 5.75 Å². The van der Waals surface area contributed by atoms with Gasteiger partial charge >= 0.3 is 0 Å². The van der Waals surface area contributed by atoms with E-state index in [2.05, 4.69) is 20.2 Å². The zero-order chi connectivity index (χ0) is 20.9. The number of halogens is 1. The van der Waals surface area contributed by atoms with Gasteiger partial charge < -0.3 is 4.74 Å². The molecule has 1 atom stereocenters. The van der Waals surface area contributed by atoms with Gasteiger partial charge in [-0.1, -0.05) is 41.1 Å². The first-order valence-electron chi connectivity index (χ1n) is 8.44. The van der Waals surface area contributed by atoms with E-state index in [-0.39, 0.29) is 16.1 Å². The number of hydrogen-bond acceptors (Lipinski definition) is 7. The number of ether oxygens (including phenoxy) is 1. The third-order valence-electron chi connectivity index (χ3n) is 3.56. The van der Waals surface area contributed by atoms with Gasteiger partial charge in [-0.05, 0) is 43.3 Å². The van der Waals surface area contributed by atoms with Crippen molar-refractivity contribution in [3.63, 3.8) is 0 Å². The quantitative estimate of drug-likeness (QED) is 0.508. The molecule has 0 fully saturated rings. The number of sulfonamides is 1. The lowest BCUT2D eigenvalue weighted by Crippen LogP contribution is -2.36. The fraction of sp³-hybridized carbons (Fsp3) is 0.167. The summed E-state index contributed by atoms with van der Waals surface area (Å²) in [6.07, 6.45) is 0. The van der Waals surface area contributed by atoms with E-state index in [1.165, 1.54) is 0 Å². The molecule has 0 aliphatic carbocycles. The van der Waals surface area contributed by atoms with Gasteiger partial charge in [0.1, 0.15) is 12.4 Å². The standard InChI is InChI=1S/C18H17ClN4O4S2/c1-12(11-27-15-5-3-2-4-6-15)23-29(25,26)18-22-21-17(28-18)20-16(24)13-7-9-14(19)10-8-13/h2-10,12,23H,11H2,1H3,(H,20,21,24). The van der Waals surface area contributed by atoms with Gasteiger partial charge in [0.15, 0.2) is 0 Å². The number of amides is 1. The van der Waals surface area contributed by atoms with Crippen LogP contribution in [0.2, 0.25) is 5.02 Å². The van der Waals surface area contributed by atoms with Crippen LogP contribution >= 0.6 is 22.9 Å². The zero-order valence-electron chi connectivity index (χ0n) is 15.2. The second kappa shape index (κ2) is 9.31. The molecule has 1 amide bonds. The molecule has 0 aliphatic rings. The summed E-state index contributed by atoms with van der Waals surface area (Å²) in [6.45, 7) is 1.81. The highest BCUT2D eigenvalue weighted by molar-refractivity contribution is 7.91. The molecular weight excluding hydrogens is 436 g/mol. The highest BCUT2D eigenvalue weighted by atomic mass is 35.5. The molecule has 0 saturated carbocycles. The molecule has 0 saturated heterocycles. The van der Waals surface area contributed by atoms with Crippen LogP contribution in [0.3, 0.4) is 0 Å². The second-order valence-electron chi connectivity index (χ2n) is 5.98. The molecule has 152 valence electrons. The minimum Gasteiger partial charge on any atom is -0.492 e. The number of para-hydroxylation sites is 1. The number of benzene rings is 2. The Morgan fingerprint density at radius 2 is 1.83 bits per heavy atom. The van der Waals surface area contributed by atoms with Gasteiger partial charge in [0.05, 0.1) is 6.04 Å². The van der Waals surface area contributed by atoms with Gasteiger partial charge in [-0.3, -0.25) is 10.1 Å². The molecule has 2 aromatic carbocycles.